The second-order valence-electron chi connectivity index (χ2n) is 5.50. The number of anilines is 1. The molecular weight excluding hydrogens is 360 g/mol. The van der Waals surface area contributed by atoms with Crippen molar-refractivity contribution in [1.82, 2.24) is 5.32 Å². The molecule has 2 aromatic rings. The molecule has 2 N–H and O–H groups in total. The summed E-state index contributed by atoms with van der Waals surface area (Å²) >= 11 is 7.50. The van der Waals surface area contributed by atoms with Crippen molar-refractivity contribution >= 4 is 46.8 Å². The Morgan fingerprint density at radius 2 is 1.76 bits per heavy atom. The van der Waals surface area contributed by atoms with Crippen molar-refractivity contribution in [3.8, 4) is 0 Å². The van der Waals surface area contributed by atoms with Crippen LogP contribution in [0.3, 0.4) is 0 Å². The standard InChI is InChI=1S/C18H15ClN2O3S/c19-11-3-6-13(7-4-11)25-9-1-2-16(22)20-12-5-8-14-15(10-12)18(24)21-17(14)23/h3-8,10H,1-2,9H2,(H,20,22)(H,21,23,24). The van der Waals surface area contributed by atoms with Crippen molar-refractivity contribution < 1.29 is 14.4 Å². The summed E-state index contributed by atoms with van der Waals surface area (Å²) in [5.41, 5.74) is 1.14. The number of benzene rings is 2. The van der Waals surface area contributed by atoms with Crippen LogP contribution in [0.1, 0.15) is 33.6 Å². The molecule has 3 amide bonds. The van der Waals surface area contributed by atoms with E-state index in [0.717, 1.165) is 17.1 Å². The molecule has 5 nitrogen and oxygen atoms in total. The van der Waals surface area contributed by atoms with Gasteiger partial charge in [0.2, 0.25) is 5.91 Å². The first kappa shape index (κ1) is 17.5. The van der Waals surface area contributed by atoms with Crippen molar-refractivity contribution in [2.45, 2.75) is 17.7 Å². The summed E-state index contributed by atoms with van der Waals surface area (Å²) in [4.78, 5) is 36.2. The van der Waals surface area contributed by atoms with Gasteiger partial charge in [-0.2, -0.15) is 0 Å². The topological polar surface area (TPSA) is 75.3 Å². The summed E-state index contributed by atoms with van der Waals surface area (Å²) in [5.74, 6) is -0.148. The Morgan fingerprint density at radius 1 is 1.04 bits per heavy atom. The van der Waals surface area contributed by atoms with E-state index in [0.29, 0.717) is 28.3 Å². The number of carbonyl (C=O) groups excluding carboxylic acids is 3. The van der Waals surface area contributed by atoms with Gasteiger partial charge >= 0.3 is 0 Å². The van der Waals surface area contributed by atoms with E-state index in [1.165, 1.54) is 6.07 Å². The lowest BCUT2D eigenvalue weighted by Gasteiger charge is -2.06. The molecule has 0 bridgehead atoms. The van der Waals surface area contributed by atoms with E-state index in [9.17, 15) is 14.4 Å². The van der Waals surface area contributed by atoms with Crippen molar-refractivity contribution in [2.75, 3.05) is 11.1 Å². The molecule has 2 aromatic carbocycles. The molecule has 0 spiro atoms. The van der Waals surface area contributed by atoms with Crippen LogP contribution in [0.2, 0.25) is 5.02 Å². The van der Waals surface area contributed by atoms with Crippen LogP contribution in [-0.2, 0) is 4.79 Å². The monoisotopic (exact) mass is 374 g/mol. The third-order valence-electron chi connectivity index (χ3n) is 3.65. The second-order valence-corrected chi connectivity index (χ2v) is 7.10. The number of rotatable bonds is 6. The molecule has 0 unspecified atom stereocenters. The van der Waals surface area contributed by atoms with Gasteiger partial charge in [-0.3, -0.25) is 19.7 Å². The molecule has 0 saturated carbocycles. The van der Waals surface area contributed by atoms with E-state index in [1.54, 1.807) is 23.9 Å². The third-order valence-corrected chi connectivity index (χ3v) is 5.00. The van der Waals surface area contributed by atoms with E-state index < -0.39 is 11.8 Å². The highest BCUT2D eigenvalue weighted by Gasteiger charge is 2.26. The summed E-state index contributed by atoms with van der Waals surface area (Å²) in [6, 6.07) is 12.3. The van der Waals surface area contributed by atoms with Gasteiger partial charge in [0.15, 0.2) is 0 Å². The molecule has 1 aliphatic rings. The predicted octanol–water partition coefficient (Wildman–Crippen LogP) is 3.73. The number of carbonyl (C=O) groups is 3. The number of imide groups is 1. The molecule has 0 saturated heterocycles. The normalized spacial score (nSPS) is 12.7. The van der Waals surface area contributed by atoms with Crippen LogP contribution in [-0.4, -0.2) is 23.5 Å². The maximum absolute atomic E-state index is 12.0. The van der Waals surface area contributed by atoms with Crippen LogP contribution in [0.4, 0.5) is 5.69 Å². The fourth-order valence-corrected chi connectivity index (χ4v) is 3.40. The van der Waals surface area contributed by atoms with Gasteiger partial charge in [0, 0.05) is 22.0 Å². The highest BCUT2D eigenvalue weighted by atomic mass is 35.5. The highest BCUT2D eigenvalue weighted by Crippen LogP contribution is 2.22. The van der Waals surface area contributed by atoms with Gasteiger partial charge in [0.25, 0.3) is 11.8 Å². The first-order valence-electron chi connectivity index (χ1n) is 7.71. The van der Waals surface area contributed by atoms with E-state index in [4.69, 9.17) is 11.6 Å². The Labute approximate surface area is 154 Å². The first-order valence-corrected chi connectivity index (χ1v) is 9.07. The van der Waals surface area contributed by atoms with Crippen LogP contribution in [0.5, 0.6) is 0 Å². The summed E-state index contributed by atoms with van der Waals surface area (Å²) in [7, 11) is 0. The number of thioether (sulfide) groups is 1. The van der Waals surface area contributed by atoms with Gasteiger partial charge in [-0.15, -0.1) is 11.8 Å². The molecule has 7 heteroatoms. The molecule has 128 valence electrons. The molecule has 0 radical (unpaired) electrons. The lowest BCUT2D eigenvalue weighted by atomic mass is 10.1. The van der Waals surface area contributed by atoms with Gasteiger partial charge in [0.05, 0.1) is 11.1 Å². The lowest BCUT2D eigenvalue weighted by molar-refractivity contribution is -0.116. The Bertz CT molecular complexity index is 837. The zero-order valence-corrected chi connectivity index (χ0v) is 14.7. The molecule has 0 atom stereocenters. The maximum atomic E-state index is 12.0. The van der Waals surface area contributed by atoms with Crippen molar-refractivity contribution in [3.63, 3.8) is 0 Å². The van der Waals surface area contributed by atoms with Gasteiger partial charge < -0.3 is 5.32 Å². The van der Waals surface area contributed by atoms with Crippen LogP contribution in [0, 0.1) is 0 Å². The number of hydrogen-bond acceptors (Lipinski definition) is 4. The summed E-state index contributed by atoms with van der Waals surface area (Å²) < 4.78 is 0. The van der Waals surface area contributed by atoms with E-state index >= 15 is 0 Å². The van der Waals surface area contributed by atoms with E-state index in [-0.39, 0.29) is 5.91 Å². The van der Waals surface area contributed by atoms with Gasteiger partial charge in [-0.25, -0.2) is 0 Å². The quantitative estimate of drug-likeness (QED) is 0.459. The van der Waals surface area contributed by atoms with Crippen molar-refractivity contribution in [1.29, 1.82) is 0 Å². The van der Waals surface area contributed by atoms with Crippen molar-refractivity contribution in [2.24, 2.45) is 0 Å². The minimum atomic E-state index is -0.435. The summed E-state index contributed by atoms with van der Waals surface area (Å²) in [6.45, 7) is 0. The number of nitrogens with one attached hydrogen (secondary N) is 2. The maximum Gasteiger partial charge on any atom is 0.259 e. The number of fused-ring (bicyclic) bond motifs is 1. The summed E-state index contributed by atoms with van der Waals surface area (Å²) in [5, 5.41) is 5.68. The van der Waals surface area contributed by atoms with Gasteiger partial charge in [-0.05, 0) is 54.6 Å². The number of amides is 3. The average Bonchev–Trinajstić information content (AvgIpc) is 2.87. The van der Waals surface area contributed by atoms with Crippen LogP contribution >= 0.6 is 23.4 Å². The summed E-state index contributed by atoms with van der Waals surface area (Å²) in [6.07, 6.45) is 1.10. The van der Waals surface area contributed by atoms with Crippen molar-refractivity contribution in [3.05, 3.63) is 58.6 Å². The Kier molecular flexibility index (Phi) is 5.40. The minimum Gasteiger partial charge on any atom is -0.326 e. The van der Waals surface area contributed by atoms with Gasteiger partial charge in [-0.1, -0.05) is 11.6 Å². The highest BCUT2D eigenvalue weighted by molar-refractivity contribution is 7.99. The molecular formula is C18H15ClN2O3S. The molecule has 25 heavy (non-hydrogen) atoms. The fraction of sp³-hybridized carbons (Fsp3) is 0.167. The van der Waals surface area contributed by atoms with Crippen LogP contribution in [0.25, 0.3) is 0 Å². The predicted molar refractivity (Wildman–Crippen MR) is 98.3 cm³/mol. The van der Waals surface area contributed by atoms with Gasteiger partial charge in [0.1, 0.15) is 0 Å². The Morgan fingerprint density at radius 3 is 2.52 bits per heavy atom. The SMILES string of the molecule is O=C(CCCSc1ccc(Cl)cc1)Nc1ccc2c(c1)C(=O)NC2=O. The molecule has 1 heterocycles. The Balaban J connectivity index is 1.47. The van der Waals surface area contributed by atoms with Crippen LogP contribution in [0.15, 0.2) is 47.4 Å². The van der Waals surface area contributed by atoms with Crippen LogP contribution < -0.4 is 10.6 Å². The van der Waals surface area contributed by atoms with E-state index in [1.807, 2.05) is 24.3 Å². The molecule has 1 aliphatic heterocycles. The molecule has 0 aromatic heterocycles. The minimum absolute atomic E-state index is 0.124. The first-order chi connectivity index (χ1) is 12.0. The fourth-order valence-electron chi connectivity index (χ4n) is 2.42. The lowest BCUT2D eigenvalue weighted by Crippen LogP contribution is -2.19. The zero-order chi connectivity index (χ0) is 17.8. The third kappa shape index (κ3) is 4.41. The molecule has 0 aliphatic carbocycles. The average molecular weight is 375 g/mol. The van der Waals surface area contributed by atoms with E-state index in [2.05, 4.69) is 10.6 Å². The number of hydrogen-bond donors (Lipinski definition) is 2. The smallest absolute Gasteiger partial charge is 0.259 e. The largest absolute Gasteiger partial charge is 0.326 e. The number of halogens is 1. The second kappa shape index (κ2) is 7.72. The Hall–Kier alpha value is -2.31. The molecule has 0 fully saturated rings. The molecule has 3 rings (SSSR count). The zero-order valence-electron chi connectivity index (χ0n) is 13.2.